The first-order valence-electron chi connectivity index (χ1n) is 11.1. The van der Waals surface area contributed by atoms with Crippen LogP contribution in [0.3, 0.4) is 0 Å². The fraction of sp³-hybridized carbons (Fsp3) is 0.462. The first-order chi connectivity index (χ1) is 15.7. The van der Waals surface area contributed by atoms with Gasteiger partial charge >= 0.3 is 5.97 Å². The number of rotatable bonds is 7. The van der Waals surface area contributed by atoms with Crippen LogP contribution in [0.25, 0.3) is 0 Å². The lowest BCUT2D eigenvalue weighted by Gasteiger charge is -2.42. The maximum atomic E-state index is 13.9. The van der Waals surface area contributed by atoms with E-state index < -0.39 is 29.9 Å². The van der Waals surface area contributed by atoms with Gasteiger partial charge in [-0.1, -0.05) is 0 Å². The monoisotopic (exact) mass is 471 g/mol. The van der Waals surface area contributed by atoms with Crippen molar-refractivity contribution in [2.24, 2.45) is 5.92 Å². The quantitative estimate of drug-likeness (QED) is 0.569. The molecule has 0 amide bonds. The van der Waals surface area contributed by atoms with Gasteiger partial charge in [0.25, 0.3) is 0 Å². The summed E-state index contributed by atoms with van der Waals surface area (Å²) in [4.78, 5) is 25.1. The molecule has 2 aromatic rings. The number of Topliss-reactive ketones (excluding diaryl/α,β-unsaturated/α-hetero) is 1. The van der Waals surface area contributed by atoms with E-state index in [1.807, 2.05) is 41.5 Å². The van der Waals surface area contributed by atoms with E-state index in [1.54, 1.807) is 31.2 Å². The van der Waals surface area contributed by atoms with E-state index in [4.69, 9.17) is 24.7 Å². The standard InChI is InChI=1S/C26H33NO7/c1-14-15(2)24-21(16(3)23(14)33-25(4,5)6)22(30)19(26(7,34-24)32-13-20(28)29)12-31-18-10-8-17(27)9-11-18/h8-11,19H,12-13,27H2,1-7H3,(H,28,29). The lowest BCUT2D eigenvalue weighted by Crippen LogP contribution is -2.53. The third-order valence-corrected chi connectivity index (χ3v) is 5.87. The summed E-state index contributed by atoms with van der Waals surface area (Å²) >= 11 is 0. The van der Waals surface area contributed by atoms with Gasteiger partial charge in [0, 0.05) is 18.2 Å². The molecule has 1 heterocycles. The van der Waals surface area contributed by atoms with Crippen molar-refractivity contribution in [1.29, 1.82) is 0 Å². The summed E-state index contributed by atoms with van der Waals surface area (Å²) in [5.41, 5.74) is 8.49. The topological polar surface area (TPSA) is 117 Å². The smallest absolute Gasteiger partial charge is 0.329 e. The number of anilines is 1. The number of carboxylic acid groups (broad SMARTS) is 1. The van der Waals surface area contributed by atoms with Crippen LogP contribution < -0.4 is 19.9 Å². The number of carbonyl (C=O) groups excluding carboxylic acids is 1. The second-order valence-corrected chi connectivity index (χ2v) is 9.72. The average molecular weight is 472 g/mol. The summed E-state index contributed by atoms with van der Waals surface area (Å²) in [6.45, 7) is 12.3. The van der Waals surface area contributed by atoms with Crippen molar-refractivity contribution in [3.05, 3.63) is 46.5 Å². The molecule has 2 aromatic carbocycles. The van der Waals surface area contributed by atoms with Crippen LogP contribution in [0.1, 0.15) is 54.7 Å². The Morgan fingerprint density at radius 1 is 1.12 bits per heavy atom. The lowest BCUT2D eigenvalue weighted by atomic mass is 9.83. The van der Waals surface area contributed by atoms with Crippen molar-refractivity contribution >= 4 is 17.4 Å². The zero-order valence-corrected chi connectivity index (χ0v) is 20.8. The van der Waals surface area contributed by atoms with Crippen molar-refractivity contribution in [2.75, 3.05) is 18.9 Å². The molecule has 2 unspecified atom stereocenters. The van der Waals surface area contributed by atoms with Crippen LogP contribution in [0.5, 0.6) is 17.2 Å². The van der Waals surface area contributed by atoms with Gasteiger partial charge < -0.3 is 29.8 Å². The third kappa shape index (κ3) is 5.12. The van der Waals surface area contributed by atoms with Crippen LogP contribution in [0, 0.1) is 26.7 Å². The zero-order valence-electron chi connectivity index (χ0n) is 20.8. The zero-order chi connectivity index (χ0) is 25.4. The lowest BCUT2D eigenvalue weighted by molar-refractivity contribution is -0.209. The second-order valence-electron chi connectivity index (χ2n) is 9.72. The number of aliphatic carboxylic acids is 1. The molecule has 0 saturated heterocycles. The van der Waals surface area contributed by atoms with Gasteiger partial charge in [-0.2, -0.15) is 0 Å². The number of hydrogen-bond donors (Lipinski definition) is 2. The number of fused-ring (bicyclic) bond motifs is 1. The molecule has 2 atom stereocenters. The molecule has 8 nitrogen and oxygen atoms in total. The molecule has 0 aromatic heterocycles. The average Bonchev–Trinajstić information content (AvgIpc) is 2.74. The van der Waals surface area contributed by atoms with Gasteiger partial charge in [-0.3, -0.25) is 4.79 Å². The molecule has 1 aliphatic rings. The number of benzene rings is 2. The summed E-state index contributed by atoms with van der Waals surface area (Å²) in [5, 5.41) is 9.20. The van der Waals surface area contributed by atoms with Crippen LogP contribution in [0.4, 0.5) is 5.69 Å². The summed E-state index contributed by atoms with van der Waals surface area (Å²) in [5.74, 6) is -2.39. The molecule has 0 radical (unpaired) electrons. The predicted octanol–water partition coefficient (Wildman–Crippen LogP) is 4.46. The highest BCUT2D eigenvalue weighted by Gasteiger charge is 2.50. The molecule has 0 bridgehead atoms. The molecule has 8 heteroatoms. The van der Waals surface area contributed by atoms with E-state index in [0.717, 1.165) is 11.1 Å². The molecule has 0 aliphatic carbocycles. The van der Waals surface area contributed by atoms with Crippen LogP contribution in [0.15, 0.2) is 24.3 Å². The minimum Gasteiger partial charge on any atom is -0.493 e. The maximum absolute atomic E-state index is 13.9. The van der Waals surface area contributed by atoms with Gasteiger partial charge in [-0.25, -0.2) is 4.79 Å². The van der Waals surface area contributed by atoms with E-state index in [2.05, 4.69) is 0 Å². The summed E-state index contributed by atoms with van der Waals surface area (Å²) in [7, 11) is 0. The van der Waals surface area contributed by atoms with E-state index in [0.29, 0.717) is 34.1 Å². The van der Waals surface area contributed by atoms with Crippen LogP contribution in [-0.4, -0.2) is 41.5 Å². The number of carbonyl (C=O) groups is 2. The first kappa shape index (κ1) is 25.4. The van der Waals surface area contributed by atoms with E-state index in [9.17, 15) is 14.7 Å². The fourth-order valence-corrected chi connectivity index (χ4v) is 3.97. The second kappa shape index (κ2) is 9.18. The molecule has 0 fully saturated rings. The predicted molar refractivity (Wildman–Crippen MR) is 128 cm³/mol. The van der Waals surface area contributed by atoms with Gasteiger partial charge in [-0.15, -0.1) is 0 Å². The molecule has 3 rings (SSSR count). The minimum atomic E-state index is -1.55. The number of carboxylic acids is 1. The molecule has 34 heavy (non-hydrogen) atoms. The van der Waals surface area contributed by atoms with Crippen LogP contribution >= 0.6 is 0 Å². The van der Waals surface area contributed by atoms with E-state index >= 15 is 0 Å². The van der Waals surface area contributed by atoms with Gasteiger partial charge in [-0.05, 0) is 76.9 Å². The highest BCUT2D eigenvalue weighted by atomic mass is 16.7. The first-order valence-corrected chi connectivity index (χ1v) is 11.1. The Morgan fingerprint density at radius 3 is 2.29 bits per heavy atom. The van der Waals surface area contributed by atoms with Crippen LogP contribution in [0.2, 0.25) is 0 Å². The molecule has 3 N–H and O–H groups in total. The van der Waals surface area contributed by atoms with Crippen molar-refractivity contribution in [3.8, 4) is 17.2 Å². The number of nitrogens with two attached hydrogens (primary N) is 1. The Labute approximate surface area is 200 Å². The minimum absolute atomic E-state index is 0.0832. The van der Waals surface area contributed by atoms with Crippen molar-refractivity contribution in [2.45, 2.75) is 59.9 Å². The van der Waals surface area contributed by atoms with Crippen LogP contribution in [-0.2, 0) is 9.53 Å². The molecule has 184 valence electrons. The highest BCUT2D eigenvalue weighted by Crippen LogP contribution is 2.46. The molecular weight excluding hydrogens is 438 g/mol. The van der Waals surface area contributed by atoms with Crippen molar-refractivity contribution in [3.63, 3.8) is 0 Å². The van der Waals surface area contributed by atoms with Crippen molar-refractivity contribution in [1.82, 2.24) is 0 Å². The largest absolute Gasteiger partial charge is 0.493 e. The number of nitrogen functional groups attached to an aromatic ring is 1. The Bertz CT molecular complexity index is 1100. The fourth-order valence-electron chi connectivity index (χ4n) is 3.97. The normalized spacial score (nSPS) is 19.9. The summed E-state index contributed by atoms with van der Waals surface area (Å²) in [6, 6.07) is 6.77. The SMILES string of the molecule is Cc1c(C)c2c(c(C)c1OC(C)(C)C)C(=O)C(COc1ccc(N)cc1)C(C)(OCC(=O)O)O2. The number of hydrogen-bond acceptors (Lipinski definition) is 7. The summed E-state index contributed by atoms with van der Waals surface area (Å²) < 4.78 is 24.0. The number of ether oxygens (including phenoxy) is 4. The number of ketones is 1. The third-order valence-electron chi connectivity index (χ3n) is 5.87. The Balaban J connectivity index is 2.07. The molecular formula is C26H33NO7. The molecule has 0 spiro atoms. The van der Waals surface area contributed by atoms with Gasteiger partial charge in [0.05, 0.1) is 5.56 Å². The van der Waals surface area contributed by atoms with Crippen molar-refractivity contribution < 1.29 is 33.6 Å². The Hall–Kier alpha value is -3.26. The Kier molecular flexibility index (Phi) is 6.85. The van der Waals surface area contributed by atoms with Gasteiger partial charge in [0.1, 0.15) is 42.0 Å². The van der Waals surface area contributed by atoms with Gasteiger partial charge in [0.2, 0.25) is 5.79 Å². The molecule has 1 aliphatic heterocycles. The molecule has 0 saturated carbocycles. The van der Waals surface area contributed by atoms with E-state index in [1.165, 1.54) is 0 Å². The summed E-state index contributed by atoms with van der Waals surface area (Å²) in [6.07, 6.45) is 0. The maximum Gasteiger partial charge on any atom is 0.329 e. The van der Waals surface area contributed by atoms with Gasteiger partial charge in [0.15, 0.2) is 5.78 Å². The van der Waals surface area contributed by atoms with E-state index in [-0.39, 0.29) is 12.4 Å². The highest BCUT2D eigenvalue weighted by molar-refractivity contribution is 6.04. The Morgan fingerprint density at radius 2 is 1.74 bits per heavy atom.